The van der Waals surface area contributed by atoms with E-state index in [-0.39, 0.29) is 41.9 Å². The van der Waals surface area contributed by atoms with Gasteiger partial charge < -0.3 is 15.7 Å². The van der Waals surface area contributed by atoms with Gasteiger partial charge in [-0.15, -0.1) is 0 Å². The van der Waals surface area contributed by atoms with E-state index in [1.807, 2.05) is 0 Å². The third kappa shape index (κ3) is 4.24. The van der Waals surface area contributed by atoms with E-state index in [1.165, 1.54) is 36.4 Å². The van der Waals surface area contributed by atoms with Crippen LogP contribution in [0.4, 0.5) is 16.2 Å². The Hall–Kier alpha value is -4.28. The zero-order valence-corrected chi connectivity index (χ0v) is 15.5. The van der Waals surface area contributed by atoms with E-state index in [1.54, 1.807) is 0 Å². The molecule has 4 amide bonds. The molecule has 3 rings (SSSR count). The first-order valence-electron chi connectivity index (χ1n) is 8.81. The number of hydrogen-bond donors (Lipinski definition) is 3. The molecular formula is C19H16N4O7. The molecule has 0 fully saturated rings. The molecule has 0 atom stereocenters. The van der Waals surface area contributed by atoms with Crippen LogP contribution in [0, 0.1) is 10.1 Å². The van der Waals surface area contributed by atoms with Crippen LogP contribution in [0.5, 0.6) is 0 Å². The van der Waals surface area contributed by atoms with Crippen molar-refractivity contribution in [2.75, 3.05) is 18.4 Å². The second-order valence-corrected chi connectivity index (χ2v) is 6.37. The molecule has 3 N–H and O–H groups in total. The minimum absolute atomic E-state index is 0.0155. The van der Waals surface area contributed by atoms with Crippen molar-refractivity contribution < 1.29 is 29.2 Å². The van der Waals surface area contributed by atoms with E-state index in [9.17, 15) is 29.3 Å². The summed E-state index contributed by atoms with van der Waals surface area (Å²) in [5.41, 5.74) is 0.142. The molecule has 1 heterocycles. The number of carbonyl (C=O) groups excluding carboxylic acids is 3. The summed E-state index contributed by atoms with van der Waals surface area (Å²) in [6.45, 7) is 0.160. The summed E-state index contributed by atoms with van der Waals surface area (Å²) in [4.78, 5) is 58.7. The molecule has 154 valence electrons. The number of nitrogens with one attached hydrogen (secondary N) is 2. The molecule has 0 aromatic heterocycles. The van der Waals surface area contributed by atoms with Crippen LogP contribution in [-0.4, -0.2) is 51.8 Å². The van der Waals surface area contributed by atoms with Gasteiger partial charge in [-0.25, -0.2) is 9.59 Å². The smallest absolute Gasteiger partial charge is 0.335 e. The van der Waals surface area contributed by atoms with Gasteiger partial charge in [-0.3, -0.25) is 24.6 Å². The van der Waals surface area contributed by atoms with Crippen molar-refractivity contribution in [3.63, 3.8) is 0 Å². The summed E-state index contributed by atoms with van der Waals surface area (Å²) in [6, 6.07) is 8.64. The minimum Gasteiger partial charge on any atom is -0.478 e. The highest BCUT2D eigenvalue weighted by Gasteiger charge is 2.36. The number of non-ortho nitro benzene ring substituents is 1. The van der Waals surface area contributed by atoms with Gasteiger partial charge in [0.2, 0.25) is 0 Å². The number of imide groups is 1. The second-order valence-electron chi connectivity index (χ2n) is 6.37. The van der Waals surface area contributed by atoms with E-state index >= 15 is 0 Å². The molecule has 1 aliphatic heterocycles. The van der Waals surface area contributed by atoms with Gasteiger partial charge in [0, 0.05) is 30.9 Å². The highest BCUT2D eigenvalue weighted by atomic mass is 16.6. The Bertz CT molecular complexity index is 1070. The van der Waals surface area contributed by atoms with E-state index in [2.05, 4.69) is 10.6 Å². The van der Waals surface area contributed by atoms with Gasteiger partial charge in [-0.1, -0.05) is 6.07 Å². The highest BCUT2D eigenvalue weighted by molar-refractivity contribution is 6.21. The number of amides is 4. The zero-order valence-electron chi connectivity index (χ0n) is 15.5. The molecule has 2 aromatic rings. The first-order chi connectivity index (χ1) is 14.3. The molecule has 0 unspecified atom stereocenters. The summed E-state index contributed by atoms with van der Waals surface area (Å²) in [5, 5.41) is 24.8. The number of hydrogen-bond acceptors (Lipinski definition) is 6. The third-order valence-corrected chi connectivity index (χ3v) is 4.38. The molecule has 0 radical (unpaired) electrons. The summed E-state index contributed by atoms with van der Waals surface area (Å²) in [7, 11) is 0. The monoisotopic (exact) mass is 412 g/mol. The number of nitro benzene ring substituents is 1. The lowest BCUT2D eigenvalue weighted by molar-refractivity contribution is -0.384. The van der Waals surface area contributed by atoms with Crippen LogP contribution in [0.15, 0.2) is 42.5 Å². The molecule has 0 saturated heterocycles. The van der Waals surface area contributed by atoms with Gasteiger partial charge in [0.05, 0.1) is 21.6 Å². The lowest BCUT2D eigenvalue weighted by Gasteiger charge is -2.14. The second kappa shape index (κ2) is 8.39. The lowest BCUT2D eigenvalue weighted by Crippen LogP contribution is -2.35. The topological polar surface area (TPSA) is 159 Å². The first-order valence-corrected chi connectivity index (χ1v) is 8.81. The molecule has 2 aromatic carbocycles. The van der Waals surface area contributed by atoms with Gasteiger partial charge in [0.1, 0.15) is 0 Å². The fraction of sp³-hybridized carbons (Fsp3) is 0.158. The van der Waals surface area contributed by atoms with Gasteiger partial charge >= 0.3 is 12.0 Å². The van der Waals surface area contributed by atoms with Crippen LogP contribution in [0.2, 0.25) is 0 Å². The number of carbonyl (C=O) groups is 4. The van der Waals surface area contributed by atoms with Crippen LogP contribution in [-0.2, 0) is 0 Å². The Morgan fingerprint density at radius 2 is 1.80 bits per heavy atom. The van der Waals surface area contributed by atoms with Gasteiger partial charge in [0.15, 0.2) is 0 Å². The van der Waals surface area contributed by atoms with Crippen molar-refractivity contribution in [3.8, 4) is 0 Å². The normalized spacial score (nSPS) is 12.5. The maximum Gasteiger partial charge on any atom is 0.335 e. The predicted molar refractivity (Wildman–Crippen MR) is 104 cm³/mol. The fourth-order valence-electron chi connectivity index (χ4n) is 2.94. The van der Waals surface area contributed by atoms with Crippen molar-refractivity contribution in [1.82, 2.24) is 10.2 Å². The molecule has 1 aliphatic rings. The number of carboxylic acids is 1. The standard InChI is InChI=1S/C19H16N4O7/c24-16-14-6-5-13(23(29)30)10-15(14)17(25)22(16)8-2-7-20-19(28)21-12-4-1-3-11(9-12)18(26)27/h1,3-6,9-10H,2,7-8H2,(H,26,27)(H2,20,21,28). The number of nitro groups is 1. The highest BCUT2D eigenvalue weighted by Crippen LogP contribution is 2.26. The van der Waals surface area contributed by atoms with Gasteiger partial charge in [-0.2, -0.15) is 0 Å². The first kappa shape index (κ1) is 20.5. The SMILES string of the molecule is O=C(NCCCN1C(=O)c2ccc([N+](=O)[O-])cc2C1=O)Nc1cccc(C(=O)O)c1. The Morgan fingerprint density at radius 1 is 1.07 bits per heavy atom. The largest absolute Gasteiger partial charge is 0.478 e. The maximum atomic E-state index is 12.4. The molecule has 30 heavy (non-hydrogen) atoms. The maximum absolute atomic E-state index is 12.4. The zero-order chi connectivity index (χ0) is 21.8. The number of fused-ring (bicyclic) bond motifs is 1. The molecule has 0 bridgehead atoms. The number of anilines is 1. The summed E-state index contributed by atoms with van der Waals surface area (Å²) < 4.78 is 0. The van der Waals surface area contributed by atoms with Crippen LogP contribution in [0.3, 0.4) is 0 Å². The van der Waals surface area contributed by atoms with E-state index in [0.717, 1.165) is 11.0 Å². The van der Waals surface area contributed by atoms with Crippen LogP contribution in [0.1, 0.15) is 37.5 Å². The molecule has 0 saturated carbocycles. The van der Waals surface area contributed by atoms with Gasteiger partial charge in [-0.05, 0) is 30.7 Å². The molecule has 0 spiro atoms. The van der Waals surface area contributed by atoms with Crippen molar-refractivity contribution in [2.24, 2.45) is 0 Å². The number of aromatic carboxylic acids is 1. The number of urea groups is 1. The average Bonchev–Trinajstić information content (AvgIpc) is 2.95. The Balaban J connectivity index is 1.51. The van der Waals surface area contributed by atoms with Crippen LogP contribution >= 0.6 is 0 Å². The average molecular weight is 412 g/mol. The summed E-state index contributed by atoms with van der Waals surface area (Å²) >= 11 is 0. The Kier molecular flexibility index (Phi) is 5.72. The number of benzene rings is 2. The minimum atomic E-state index is -1.12. The van der Waals surface area contributed by atoms with Crippen molar-refractivity contribution in [1.29, 1.82) is 0 Å². The number of nitrogens with zero attached hydrogens (tertiary/aromatic N) is 2. The van der Waals surface area contributed by atoms with Crippen LogP contribution < -0.4 is 10.6 Å². The van der Waals surface area contributed by atoms with E-state index in [4.69, 9.17) is 5.11 Å². The van der Waals surface area contributed by atoms with Crippen LogP contribution in [0.25, 0.3) is 0 Å². The van der Waals surface area contributed by atoms with Crippen molar-refractivity contribution in [3.05, 3.63) is 69.3 Å². The number of carboxylic acid groups (broad SMARTS) is 1. The van der Waals surface area contributed by atoms with E-state index in [0.29, 0.717) is 5.69 Å². The number of rotatable bonds is 7. The summed E-state index contributed by atoms with van der Waals surface area (Å²) in [5.74, 6) is -2.28. The molecule has 11 heteroatoms. The Labute approximate surface area is 169 Å². The quantitative estimate of drug-likeness (QED) is 0.272. The summed E-state index contributed by atoms with van der Waals surface area (Å²) in [6.07, 6.45) is 0.260. The lowest BCUT2D eigenvalue weighted by atomic mass is 10.1. The Morgan fingerprint density at radius 3 is 2.50 bits per heavy atom. The van der Waals surface area contributed by atoms with Crippen molar-refractivity contribution >= 4 is 35.2 Å². The van der Waals surface area contributed by atoms with E-state index < -0.39 is 28.7 Å². The van der Waals surface area contributed by atoms with Crippen molar-refractivity contribution in [2.45, 2.75) is 6.42 Å². The molecule has 0 aliphatic carbocycles. The molecule has 11 nitrogen and oxygen atoms in total. The predicted octanol–water partition coefficient (Wildman–Crippen LogP) is 2.10. The molecular weight excluding hydrogens is 396 g/mol. The fourth-order valence-corrected chi connectivity index (χ4v) is 2.94. The van der Waals surface area contributed by atoms with Gasteiger partial charge in [0.25, 0.3) is 17.5 Å². The third-order valence-electron chi connectivity index (χ3n) is 4.38.